The average Bonchev–Trinajstić information content (AvgIpc) is 2.62. The maximum absolute atomic E-state index is 5.65. The molecule has 1 N–H and O–H groups in total. The molecule has 4 heteroatoms. The van der Waals surface area contributed by atoms with Crippen molar-refractivity contribution in [3.05, 3.63) is 65.5 Å². The first-order valence-corrected chi connectivity index (χ1v) is 8.53. The van der Waals surface area contributed by atoms with Gasteiger partial charge in [-0.1, -0.05) is 30.3 Å². The van der Waals surface area contributed by atoms with Crippen LogP contribution in [0.3, 0.4) is 0 Å². The van der Waals surface area contributed by atoms with Gasteiger partial charge in [0.05, 0.1) is 6.20 Å². The summed E-state index contributed by atoms with van der Waals surface area (Å²) in [6.45, 7) is 8.01. The predicted molar refractivity (Wildman–Crippen MR) is 98.1 cm³/mol. The van der Waals surface area contributed by atoms with Crippen LogP contribution in [0.15, 0.2) is 48.7 Å². The number of benzene rings is 1. The second-order valence-corrected chi connectivity index (χ2v) is 6.12. The van der Waals surface area contributed by atoms with Gasteiger partial charge in [-0.2, -0.15) is 0 Å². The van der Waals surface area contributed by atoms with Crippen LogP contribution in [0, 0.1) is 6.92 Å². The molecule has 2 heterocycles. The summed E-state index contributed by atoms with van der Waals surface area (Å²) in [5.74, 6) is 0.802. The summed E-state index contributed by atoms with van der Waals surface area (Å²) in [5.41, 5.74) is 3.57. The average molecular weight is 323 g/mol. The van der Waals surface area contributed by atoms with Crippen LogP contribution in [0.4, 0.5) is 0 Å². The number of piperazine rings is 1. The Bertz CT molecular complexity index is 644. The quantitative estimate of drug-likeness (QED) is 0.887. The molecule has 126 valence electrons. The monoisotopic (exact) mass is 323 g/mol. The van der Waals surface area contributed by atoms with E-state index in [1.165, 1.54) is 11.1 Å². The molecular weight excluding hydrogens is 298 g/mol. The topological polar surface area (TPSA) is 37.4 Å². The highest BCUT2D eigenvalue weighted by molar-refractivity contribution is 5.49. The number of nitrogens with zero attached hydrogens (tertiary/aromatic N) is 2. The number of pyridine rings is 1. The zero-order valence-corrected chi connectivity index (χ0v) is 14.2. The lowest BCUT2D eigenvalue weighted by Crippen LogP contribution is -2.42. The first-order valence-electron chi connectivity index (χ1n) is 8.53. The zero-order chi connectivity index (χ0) is 16.6. The van der Waals surface area contributed by atoms with Crippen molar-refractivity contribution < 1.29 is 4.74 Å². The Balaban J connectivity index is 1.45. The predicted octanol–water partition coefficient (Wildman–Crippen LogP) is 2.89. The van der Waals surface area contributed by atoms with Gasteiger partial charge in [-0.05, 0) is 36.3 Å². The van der Waals surface area contributed by atoms with Crippen LogP contribution >= 0.6 is 0 Å². The van der Waals surface area contributed by atoms with Crippen LogP contribution in [-0.4, -0.2) is 42.7 Å². The molecule has 0 atom stereocenters. The van der Waals surface area contributed by atoms with Crippen molar-refractivity contribution in [1.29, 1.82) is 0 Å². The molecule has 0 saturated carbocycles. The van der Waals surface area contributed by atoms with E-state index in [4.69, 9.17) is 4.74 Å². The lowest BCUT2D eigenvalue weighted by atomic mass is 10.1. The third-order valence-corrected chi connectivity index (χ3v) is 4.14. The Kier molecular flexibility index (Phi) is 5.99. The van der Waals surface area contributed by atoms with E-state index in [-0.39, 0.29) is 0 Å². The van der Waals surface area contributed by atoms with Crippen LogP contribution in [-0.2, 0) is 6.54 Å². The smallest absolute Gasteiger partial charge is 0.138 e. The van der Waals surface area contributed by atoms with E-state index in [9.17, 15) is 0 Å². The summed E-state index contributed by atoms with van der Waals surface area (Å²) in [6, 6.07) is 12.7. The standard InChI is InChI=1S/C20H25N3O/c1-17-4-9-20(15-22-17)24-14-2-3-18-5-7-19(8-6-18)16-23-12-10-21-11-13-23/h2-9,15,21H,10-14,16H2,1H3. The van der Waals surface area contributed by atoms with Crippen molar-refractivity contribution in [1.82, 2.24) is 15.2 Å². The molecule has 2 aromatic rings. The minimum atomic E-state index is 0.549. The van der Waals surface area contributed by atoms with Gasteiger partial charge in [0.15, 0.2) is 0 Å². The molecule has 3 rings (SSSR count). The van der Waals surface area contributed by atoms with Gasteiger partial charge < -0.3 is 10.1 Å². The minimum absolute atomic E-state index is 0.549. The molecule has 0 amide bonds. The Labute approximate surface area is 144 Å². The summed E-state index contributed by atoms with van der Waals surface area (Å²) in [7, 11) is 0. The summed E-state index contributed by atoms with van der Waals surface area (Å²) >= 11 is 0. The third kappa shape index (κ3) is 5.18. The summed E-state index contributed by atoms with van der Waals surface area (Å²) in [5, 5.41) is 3.39. The number of hydrogen-bond donors (Lipinski definition) is 1. The third-order valence-electron chi connectivity index (χ3n) is 4.14. The van der Waals surface area contributed by atoms with Gasteiger partial charge in [0.25, 0.3) is 0 Å². The molecule has 1 aromatic heterocycles. The molecular formula is C20H25N3O. The van der Waals surface area contributed by atoms with Crippen molar-refractivity contribution >= 4 is 6.08 Å². The van der Waals surface area contributed by atoms with E-state index < -0.39 is 0 Å². The van der Waals surface area contributed by atoms with Gasteiger partial charge in [0.2, 0.25) is 0 Å². The van der Waals surface area contributed by atoms with Gasteiger partial charge in [0, 0.05) is 38.4 Å². The molecule has 1 aliphatic rings. The SMILES string of the molecule is Cc1ccc(OCC=Cc2ccc(CN3CCNCC3)cc2)cn1. The van der Waals surface area contributed by atoms with Gasteiger partial charge in [-0.3, -0.25) is 9.88 Å². The van der Waals surface area contributed by atoms with Crippen LogP contribution in [0.25, 0.3) is 6.08 Å². The minimum Gasteiger partial charge on any atom is -0.488 e. The number of rotatable bonds is 6. The molecule has 1 aromatic carbocycles. The molecule has 0 bridgehead atoms. The fourth-order valence-electron chi connectivity index (χ4n) is 2.73. The van der Waals surface area contributed by atoms with Gasteiger partial charge in [0.1, 0.15) is 12.4 Å². The van der Waals surface area contributed by atoms with E-state index in [1.54, 1.807) is 6.20 Å². The summed E-state index contributed by atoms with van der Waals surface area (Å²) in [4.78, 5) is 6.71. The van der Waals surface area contributed by atoms with E-state index in [1.807, 2.05) is 25.1 Å². The maximum Gasteiger partial charge on any atom is 0.138 e. The first kappa shape index (κ1) is 16.7. The van der Waals surface area contributed by atoms with E-state index in [0.717, 1.165) is 44.2 Å². The molecule has 0 unspecified atom stereocenters. The highest BCUT2D eigenvalue weighted by Crippen LogP contribution is 2.11. The largest absolute Gasteiger partial charge is 0.488 e. The second-order valence-electron chi connectivity index (χ2n) is 6.12. The molecule has 0 spiro atoms. The Hall–Kier alpha value is -2.17. The fraction of sp³-hybridized carbons (Fsp3) is 0.350. The Morgan fingerprint density at radius 3 is 2.62 bits per heavy atom. The highest BCUT2D eigenvalue weighted by atomic mass is 16.5. The number of aryl methyl sites for hydroxylation is 1. The van der Waals surface area contributed by atoms with Crippen molar-refractivity contribution in [2.24, 2.45) is 0 Å². The lowest BCUT2D eigenvalue weighted by molar-refractivity contribution is 0.233. The Morgan fingerprint density at radius 1 is 1.12 bits per heavy atom. The summed E-state index contributed by atoms with van der Waals surface area (Å²) in [6.07, 6.45) is 5.88. The molecule has 4 nitrogen and oxygen atoms in total. The van der Waals surface area contributed by atoms with Crippen LogP contribution in [0.5, 0.6) is 5.75 Å². The molecule has 1 fully saturated rings. The number of ether oxygens (including phenoxy) is 1. The molecule has 24 heavy (non-hydrogen) atoms. The molecule has 1 aliphatic heterocycles. The first-order chi connectivity index (χ1) is 11.8. The fourth-order valence-corrected chi connectivity index (χ4v) is 2.73. The molecule has 1 saturated heterocycles. The summed E-state index contributed by atoms with van der Waals surface area (Å²) < 4.78 is 5.65. The highest BCUT2D eigenvalue weighted by Gasteiger charge is 2.09. The van der Waals surface area contributed by atoms with Crippen LogP contribution in [0.1, 0.15) is 16.8 Å². The normalized spacial score (nSPS) is 15.7. The second kappa shape index (κ2) is 8.62. The van der Waals surface area contributed by atoms with Crippen molar-refractivity contribution in [3.63, 3.8) is 0 Å². The van der Waals surface area contributed by atoms with Crippen molar-refractivity contribution in [2.45, 2.75) is 13.5 Å². The van der Waals surface area contributed by atoms with E-state index in [2.05, 4.69) is 45.5 Å². The number of hydrogen-bond acceptors (Lipinski definition) is 4. The van der Waals surface area contributed by atoms with Gasteiger partial charge in [-0.25, -0.2) is 0 Å². The Morgan fingerprint density at radius 2 is 1.92 bits per heavy atom. The van der Waals surface area contributed by atoms with Crippen molar-refractivity contribution in [2.75, 3.05) is 32.8 Å². The molecule has 0 radical (unpaired) electrons. The maximum atomic E-state index is 5.65. The molecule has 0 aliphatic carbocycles. The zero-order valence-electron chi connectivity index (χ0n) is 14.2. The number of nitrogens with one attached hydrogen (secondary N) is 1. The van der Waals surface area contributed by atoms with Gasteiger partial charge >= 0.3 is 0 Å². The van der Waals surface area contributed by atoms with E-state index >= 15 is 0 Å². The van der Waals surface area contributed by atoms with Gasteiger partial charge in [-0.15, -0.1) is 0 Å². The lowest BCUT2D eigenvalue weighted by Gasteiger charge is -2.27. The van der Waals surface area contributed by atoms with E-state index in [0.29, 0.717) is 6.61 Å². The van der Waals surface area contributed by atoms with Crippen LogP contribution < -0.4 is 10.1 Å². The van der Waals surface area contributed by atoms with Crippen LogP contribution in [0.2, 0.25) is 0 Å². The number of aromatic nitrogens is 1. The van der Waals surface area contributed by atoms with Crippen molar-refractivity contribution in [3.8, 4) is 5.75 Å².